The Bertz CT molecular complexity index is 1460. The first-order valence-corrected chi connectivity index (χ1v) is 12.9. The zero-order chi connectivity index (χ0) is 24.3. The second kappa shape index (κ2) is 10.0. The van der Waals surface area contributed by atoms with Crippen molar-refractivity contribution in [2.24, 2.45) is 0 Å². The van der Waals surface area contributed by atoms with Crippen LogP contribution in [0.4, 0.5) is 10.8 Å². The highest BCUT2D eigenvalue weighted by molar-refractivity contribution is 7.92. The number of rotatable bonds is 7. The smallest absolute Gasteiger partial charge is 0.261 e. The van der Waals surface area contributed by atoms with E-state index in [1.807, 2.05) is 0 Å². The Kier molecular flexibility index (Phi) is 7.08. The van der Waals surface area contributed by atoms with Gasteiger partial charge in [0.25, 0.3) is 15.9 Å². The van der Waals surface area contributed by atoms with Gasteiger partial charge in [-0.3, -0.25) is 14.8 Å². The van der Waals surface area contributed by atoms with Gasteiger partial charge in [-0.1, -0.05) is 41.4 Å². The normalized spacial score (nSPS) is 11.1. The molecule has 1 amide bonds. The summed E-state index contributed by atoms with van der Waals surface area (Å²) in [5.41, 5.74) is 1.65. The Morgan fingerprint density at radius 2 is 1.74 bits per heavy atom. The van der Waals surface area contributed by atoms with Gasteiger partial charge in [0.15, 0.2) is 5.13 Å². The van der Waals surface area contributed by atoms with Crippen molar-refractivity contribution >= 4 is 61.3 Å². The molecule has 2 N–H and O–H groups in total. The number of methoxy groups -OCH3 is 1. The van der Waals surface area contributed by atoms with Crippen molar-refractivity contribution in [3.63, 3.8) is 0 Å². The quantitative estimate of drug-likeness (QED) is 0.295. The van der Waals surface area contributed by atoms with Crippen LogP contribution in [0, 0.1) is 0 Å². The summed E-state index contributed by atoms with van der Waals surface area (Å²) >= 11 is 13.3. The number of para-hydroxylation sites is 1. The van der Waals surface area contributed by atoms with Gasteiger partial charge < -0.3 is 4.74 Å². The van der Waals surface area contributed by atoms with Gasteiger partial charge in [0.2, 0.25) is 0 Å². The van der Waals surface area contributed by atoms with E-state index in [0.717, 1.165) is 5.56 Å². The SMILES string of the molecule is COc1ccc(S(=O)(=O)Nc2ccccc2C(=O)Nc2nc(-c3ccc(Cl)c(Cl)c3)cs2)cc1. The van der Waals surface area contributed by atoms with Crippen LogP contribution < -0.4 is 14.8 Å². The van der Waals surface area contributed by atoms with Gasteiger partial charge in [-0.2, -0.15) is 0 Å². The van der Waals surface area contributed by atoms with Crippen molar-refractivity contribution < 1.29 is 17.9 Å². The Hall–Kier alpha value is -3.11. The van der Waals surface area contributed by atoms with Gasteiger partial charge in [-0.05, 0) is 48.5 Å². The first-order valence-electron chi connectivity index (χ1n) is 9.75. The molecule has 7 nitrogen and oxygen atoms in total. The Balaban J connectivity index is 1.54. The molecule has 0 saturated carbocycles. The van der Waals surface area contributed by atoms with Gasteiger partial charge in [0, 0.05) is 10.9 Å². The van der Waals surface area contributed by atoms with E-state index in [2.05, 4.69) is 15.0 Å². The van der Waals surface area contributed by atoms with E-state index in [4.69, 9.17) is 27.9 Å². The molecule has 11 heteroatoms. The Labute approximate surface area is 210 Å². The number of hydrogen-bond acceptors (Lipinski definition) is 6. The molecule has 0 aliphatic carbocycles. The Morgan fingerprint density at radius 1 is 1.00 bits per heavy atom. The van der Waals surface area contributed by atoms with Crippen LogP contribution in [-0.2, 0) is 10.0 Å². The lowest BCUT2D eigenvalue weighted by Gasteiger charge is -2.12. The number of carbonyl (C=O) groups is 1. The number of aromatic nitrogens is 1. The topological polar surface area (TPSA) is 97.4 Å². The maximum atomic E-state index is 13.0. The predicted octanol–water partition coefficient (Wildman–Crippen LogP) is 6.18. The number of carbonyl (C=O) groups excluding carboxylic acids is 1. The van der Waals surface area contributed by atoms with E-state index in [-0.39, 0.29) is 16.1 Å². The van der Waals surface area contributed by atoms with Crippen molar-refractivity contribution in [1.82, 2.24) is 4.98 Å². The van der Waals surface area contributed by atoms with Gasteiger partial charge >= 0.3 is 0 Å². The van der Waals surface area contributed by atoms with Gasteiger partial charge in [-0.15, -0.1) is 11.3 Å². The third kappa shape index (κ3) is 5.34. The summed E-state index contributed by atoms with van der Waals surface area (Å²) < 4.78 is 33.2. The fourth-order valence-electron chi connectivity index (χ4n) is 3.01. The molecule has 0 bridgehead atoms. The molecule has 1 heterocycles. The molecule has 0 atom stereocenters. The minimum Gasteiger partial charge on any atom is -0.497 e. The standard InChI is InChI=1S/C23H17Cl2N3O4S2/c1-32-15-7-9-16(10-8-15)34(30,31)28-20-5-3-2-4-17(20)22(29)27-23-26-21(13-33-23)14-6-11-18(24)19(25)12-14/h2-13,28H,1H3,(H,26,27,29). The minimum absolute atomic E-state index is 0.0368. The number of amides is 1. The van der Waals surface area contributed by atoms with Crippen LogP contribution in [0.25, 0.3) is 11.3 Å². The second-order valence-electron chi connectivity index (χ2n) is 6.95. The fourth-order valence-corrected chi connectivity index (χ4v) is 5.10. The molecule has 3 aromatic carbocycles. The Morgan fingerprint density at radius 3 is 2.44 bits per heavy atom. The highest BCUT2D eigenvalue weighted by Gasteiger charge is 2.19. The largest absolute Gasteiger partial charge is 0.497 e. The van der Waals surface area contributed by atoms with Crippen LogP contribution in [0.2, 0.25) is 10.0 Å². The summed E-state index contributed by atoms with van der Waals surface area (Å²) in [6.07, 6.45) is 0. The highest BCUT2D eigenvalue weighted by Crippen LogP contribution is 2.31. The number of ether oxygens (including phenoxy) is 1. The molecule has 0 radical (unpaired) electrons. The summed E-state index contributed by atoms with van der Waals surface area (Å²) in [5, 5.41) is 5.66. The van der Waals surface area contributed by atoms with Crippen LogP contribution in [0.1, 0.15) is 10.4 Å². The molecule has 4 rings (SSSR count). The van der Waals surface area contributed by atoms with E-state index in [9.17, 15) is 13.2 Å². The highest BCUT2D eigenvalue weighted by atomic mass is 35.5. The summed E-state index contributed by atoms with van der Waals surface area (Å²) in [7, 11) is -2.44. The number of thiazole rings is 1. The van der Waals surface area contributed by atoms with Gasteiger partial charge in [0.05, 0.1) is 39.0 Å². The zero-order valence-corrected chi connectivity index (χ0v) is 20.7. The van der Waals surface area contributed by atoms with Crippen LogP contribution in [0.3, 0.4) is 0 Å². The predicted molar refractivity (Wildman–Crippen MR) is 136 cm³/mol. The van der Waals surface area contributed by atoms with Crippen molar-refractivity contribution in [2.75, 3.05) is 17.1 Å². The molecule has 0 aliphatic rings. The third-order valence-corrected chi connectivity index (χ3v) is 7.60. The first-order chi connectivity index (χ1) is 16.3. The molecule has 0 unspecified atom stereocenters. The molecule has 4 aromatic rings. The number of nitrogens with zero attached hydrogens (tertiary/aromatic N) is 1. The molecular weight excluding hydrogens is 517 g/mol. The summed E-state index contributed by atoms with van der Waals surface area (Å²) in [4.78, 5) is 17.4. The van der Waals surface area contributed by atoms with Crippen LogP contribution in [-0.4, -0.2) is 26.4 Å². The molecule has 0 fully saturated rings. The van der Waals surface area contributed by atoms with E-state index in [0.29, 0.717) is 26.6 Å². The third-order valence-electron chi connectivity index (χ3n) is 4.73. The lowest BCUT2D eigenvalue weighted by Crippen LogP contribution is -2.18. The minimum atomic E-state index is -3.93. The van der Waals surface area contributed by atoms with E-state index < -0.39 is 15.9 Å². The molecule has 1 aromatic heterocycles. The van der Waals surface area contributed by atoms with Crippen LogP contribution in [0.15, 0.2) is 77.0 Å². The number of hydrogen-bond donors (Lipinski definition) is 2. The first kappa shape index (κ1) is 24.0. The molecule has 34 heavy (non-hydrogen) atoms. The molecule has 0 saturated heterocycles. The lowest BCUT2D eigenvalue weighted by molar-refractivity contribution is 0.102. The number of anilines is 2. The lowest BCUT2D eigenvalue weighted by atomic mass is 10.2. The van der Waals surface area contributed by atoms with E-state index in [1.165, 1.54) is 42.7 Å². The molecule has 0 spiro atoms. The molecule has 0 aliphatic heterocycles. The number of halogens is 2. The van der Waals surface area contributed by atoms with E-state index >= 15 is 0 Å². The number of benzene rings is 3. The zero-order valence-electron chi connectivity index (χ0n) is 17.6. The summed E-state index contributed by atoms with van der Waals surface area (Å²) in [6.45, 7) is 0. The maximum Gasteiger partial charge on any atom is 0.261 e. The van der Waals surface area contributed by atoms with Crippen molar-refractivity contribution in [3.05, 3.63) is 87.7 Å². The fraction of sp³-hybridized carbons (Fsp3) is 0.0435. The summed E-state index contributed by atoms with van der Waals surface area (Å²) in [5.74, 6) is 0.0190. The number of sulfonamides is 1. The van der Waals surface area contributed by atoms with E-state index in [1.54, 1.807) is 47.8 Å². The van der Waals surface area contributed by atoms with Gasteiger partial charge in [-0.25, -0.2) is 13.4 Å². The monoisotopic (exact) mass is 533 g/mol. The second-order valence-corrected chi connectivity index (χ2v) is 10.3. The molecular formula is C23H17Cl2N3O4S2. The maximum absolute atomic E-state index is 13.0. The average molecular weight is 534 g/mol. The van der Waals surface area contributed by atoms with Crippen molar-refractivity contribution in [1.29, 1.82) is 0 Å². The van der Waals surface area contributed by atoms with Gasteiger partial charge in [0.1, 0.15) is 5.75 Å². The van der Waals surface area contributed by atoms with Crippen molar-refractivity contribution in [2.45, 2.75) is 4.90 Å². The average Bonchev–Trinajstić information content (AvgIpc) is 3.29. The van der Waals surface area contributed by atoms with Crippen LogP contribution in [0.5, 0.6) is 5.75 Å². The summed E-state index contributed by atoms with van der Waals surface area (Å²) in [6, 6.07) is 17.4. The van der Waals surface area contributed by atoms with Crippen molar-refractivity contribution in [3.8, 4) is 17.0 Å². The van der Waals surface area contributed by atoms with Crippen LogP contribution >= 0.6 is 34.5 Å². The molecule has 174 valence electrons. The number of nitrogens with one attached hydrogen (secondary N) is 2.